The van der Waals surface area contributed by atoms with Crippen LogP contribution in [0.2, 0.25) is 0 Å². The first-order valence-corrected chi connectivity index (χ1v) is 7.16. The number of aliphatic carboxylic acids is 1. The summed E-state index contributed by atoms with van der Waals surface area (Å²) < 4.78 is 29.4. The second-order valence-corrected chi connectivity index (χ2v) is 6.24. The molecular weight excluding hydrogens is 288 g/mol. The van der Waals surface area contributed by atoms with Crippen LogP contribution in [0.3, 0.4) is 0 Å². The molecule has 1 aromatic heterocycles. The fraction of sp³-hybridized carbons (Fsp3) is 0.455. The summed E-state index contributed by atoms with van der Waals surface area (Å²) in [6.45, 7) is 1.35. The van der Waals surface area contributed by atoms with Gasteiger partial charge in [0.05, 0.1) is 5.56 Å². The third-order valence-corrected chi connectivity index (χ3v) is 4.24. The highest BCUT2D eigenvalue weighted by Crippen LogP contribution is 2.18. The van der Waals surface area contributed by atoms with Crippen LogP contribution in [0.15, 0.2) is 21.8 Å². The van der Waals surface area contributed by atoms with Crippen LogP contribution in [-0.2, 0) is 14.8 Å². The minimum absolute atomic E-state index is 0.00600. The molecule has 112 valence electrons. The zero-order valence-electron chi connectivity index (χ0n) is 11.4. The van der Waals surface area contributed by atoms with Crippen molar-refractivity contribution in [2.75, 3.05) is 27.2 Å². The summed E-state index contributed by atoms with van der Waals surface area (Å²) in [6, 6.07) is 1.09. The van der Waals surface area contributed by atoms with Crippen molar-refractivity contribution in [1.29, 1.82) is 0 Å². The molecule has 1 rings (SSSR count). The second-order valence-electron chi connectivity index (χ2n) is 4.15. The van der Waals surface area contributed by atoms with E-state index in [2.05, 4.69) is 0 Å². The predicted molar refractivity (Wildman–Crippen MR) is 68.8 cm³/mol. The highest BCUT2D eigenvalue weighted by atomic mass is 32.2. The minimum Gasteiger partial charge on any atom is -0.480 e. The monoisotopic (exact) mass is 304 g/mol. The Morgan fingerprint density at radius 3 is 2.40 bits per heavy atom. The third kappa shape index (κ3) is 3.36. The van der Waals surface area contributed by atoms with Crippen molar-refractivity contribution in [1.82, 2.24) is 9.21 Å². The summed E-state index contributed by atoms with van der Waals surface area (Å²) >= 11 is 0. The fourth-order valence-electron chi connectivity index (χ4n) is 1.42. The van der Waals surface area contributed by atoms with Crippen molar-refractivity contribution in [2.45, 2.75) is 12.0 Å². The molecule has 0 radical (unpaired) electrons. The van der Waals surface area contributed by atoms with Crippen LogP contribution in [-0.4, -0.2) is 61.8 Å². The zero-order chi connectivity index (χ0) is 15.5. The zero-order valence-corrected chi connectivity index (χ0v) is 12.2. The van der Waals surface area contributed by atoms with Gasteiger partial charge in [-0.15, -0.1) is 0 Å². The molecule has 1 amide bonds. The molecule has 0 aliphatic carbocycles. The van der Waals surface area contributed by atoms with Gasteiger partial charge < -0.3 is 14.4 Å². The van der Waals surface area contributed by atoms with Crippen molar-refractivity contribution in [2.24, 2.45) is 0 Å². The number of rotatable bonds is 6. The van der Waals surface area contributed by atoms with E-state index in [0.29, 0.717) is 0 Å². The molecule has 0 aromatic carbocycles. The highest BCUT2D eigenvalue weighted by Gasteiger charge is 2.25. The summed E-state index contributed by atoms with van der Waals surface area (Å²) in [5.41, 5.74) is -0.00600. The van der Waals surface area contributed by atoms with Crippen LogP contribution in [0.25, 0.3) is 0 Å². The molecule has 9 heteroatoms. The predicted octanol–water partition coefficient (Wildman–Crippen LogP) is 0.0766. The number of nitrogens with zero attached hydrogens (tertiary/aromatic N) is 2. The van der Waals surface area contributed by atoms with E-state index in [-0.39, 0.29) is 17.2 Å². The lowest BCUT2D eigenvalue weighted by Gasteiger charge is -2.17. The number of hydrogen-bond acceptors (Lipinski definition) is 5. The normalized spacial score (nSPS) is 11.6. The Bertz CT molecular complexity index is 604. The van der Waals surface area contributed by atoms with Crippen LogP contribution in [0, 0.1) is 0 Å². The summed E-state index contributed by atoms with van der Waals surface area (Å²) in [4.78, 5) is 23.7. The number of hydrogen-bond donors (Lipinski definition) is 1. The Morgan fingerprint density at radius 2 is 1.95 bits per heavy atom. The van der Waals surface area contributed by atoms with Crippen molar-refractivity contribution in [3.8, 4) is 0 Å². The lowest BCUT2D eigenvalue weighted by molar-refractivity contribution is -0.137. The fourth-order valence-corrected chi connectivity index (χ4v) is 2.22. The second kappa shape index (κ2) is 6.06. The minimum atomic E-state index is -3.77. The first kappa shape index (κ1) is 16.2. The van der Waals surface area contributed by atoms with Crippen LogP contribution in [0.4, 0.5) is 0 Å². The number of likely N-dealkylation sites (N-methyl/N-ethyl adjacent to an activating group) is 1. The number of carbonyl (C=O) groups excluding carboxylic acids is 1. The molecule has 0 aliphatic heterocycles. The van der Waals surface area contributed by atoms with Gasteiger partial charge in [0.25, 0.3) is 15.9 Å². The molecule has 1 heterocycles. The van der Waals surface area contributed by atoms with E-state index >= 15 is 0 Å². The van der Waals surface area contributed by atoms with Gasteiger partial charge in [0.15, 0.2) is 0 Å². The van der Waals surface area contributed by atoms with Gasteiger partial charge in [-0.25, -0.2) is 12.7 Å². The topological polar surface area (TPSA) is 108 Å². The number of carbonyl (C=O) groups is 2. The Kier molecular flexibility index (Phi) is 4.90. The number of amides is 1. The van der Waals surface area contributed by atoms with E-state index < -0.39 is 28.4 Å². The van der Waals surface area contributed by atoms with E-state index in [9.17, 15) is 18.0 Å². The first-order valence-electron chi connectivity index (χ1n) is 5.72. The van der Waals surface area contributed by atoms with Gasteiger partial charge in [-0.3, -0.25) is 9.59 Å². The maximum absolute atomic E-state index is 12.0. The Balaban J connectivity index is 3.02. The maximum atomic E-state index is 12.0. The molecule has 0 bridgehead atoms. The van der Waals surface area contributed by atoms with E-state index in [1.165, 1.54) is 14.1 Å². The number of carboxylic acid groups (broad SMARTS) is 1. The third-order valence-electron chi connectivity index (χ3n) is 2.55. The molecule has 0 saturated heterocycles. The smallest absolute Gasteiger partial charge is 0.323 e. The Morgan fingerprint density at radius 1 is 1.35 bits per heavy atom. The summed E-state index contributed by atoms with van der Waals surface area (Å²) in [6.07, 6.45) is 1.00. The van der Waals surface area contributed by atoms with E-state index in [0.717, 1.165) is 21.5 Å². The van der Waals surface area contributed by atoms with E-state index in [4.69, 9.17) is 9.52 Å². The lowest BCUT2D eigenvalue weighted by Crippen LogP contribution is -2.35. The molecule has 0 aliphatic rings. The highest BCUT2D eigenvalue weighted by molar-refractivity contribution is 7.88. The van der Waals surface area contributed by atoms with Gasteiger partial charge in [0.1, 0.15) is 12.8 Å². The molecule has 0 atom stereocenters. The first-order chi connectivity index (χ1) is 9.20. The van der Waals surface area contributed by atoms with Gasteiger partial charge in [0.2, 0.25) is 5.09 Å². The van der Waals surface area contributed by atoms with Gasteiger partial charge in [-0.2, -0.15) is 0 Å². The van der Waals surface area contributed by atoms with Crippen LogP contribution in [0.5, 0.6) is 0 Å². The summed E-state index contributed by atoms with van der Waals surface area (Å²) in [5.74, 6) is -1.75. The molecule has 0 spiro atoms. The molecule has 1 aromatic rings. The van der Waals surface area contributed by atoms with Gasteiger partial charge in [-0.1, -0.05) is 0 Å². The van der Waals surface area contributed by atoms with Crippen molar-refractivity contribution < 1.29 is 27.5 Å². The van der Waals surface area contributed by atoms with Crippen LogP contribution >= 0.6 is 0 Å². The average molecular weight is 304 g/mol. The van der Waals surface area contributed by atoms with Crippen LogP contribution < -0.4 is 0 Å². The standard InChI is InChI=1S/C11H16N2O6S/c1-4-13(6-9(14)15)11(16)8-5-10(19-7-8)20(17,18)12(2)3/h5,7H,4,6H2,1-3H3,(H,14,15). The lowest BCUT2D eigenvalue weighted by atomic mass is 10.3. The van der Waals surface area contributed by atoms with Gasteiger partial charge >= 0.3 is 5.97 Å². The molecular formula is C11H16N2O6S. The van der Waals surface area contributed by atoms with E-state index in [1.54, 1.807) is 6.92 Å². The molecule has 0 saturated carbocycles. The van der Waals surface area contributed by atoms with Crippen molar-refractivity contribution in [3.63, 3.8) is 0 Å². The number of carboxylic acids is 1. The van der Waals surface area contributed by atoms with E-state index in [1.807, 2.05) is 0 Å². The number of sulfonamides is 1. The average Bonchev–Trinajstić information content (AvgIpc) is 2.84. The number of furan rings is 1. The van der Waals surface area contributed by atoms with Gasteiger partial charge in [0, 0.05) is 26.7 Å². The largest absolute Gasteiger partial charge is 0.480 e. The van der Waals surface area contributed by atoms with Crippen molar-refractivity contribution >= 4 is 21.9 Å². The van der Waals surface area contributed by atoms with Crippen LogP contribution in [0.1, 0.15) is 17.3 Å². The molecule has 0 unspecified atom stereocenters. The quantitative estimate of drug-likeness (QED) is 0.797. The Hall–Kier alpha value is -1.87. The summed E-state index contributed by atoms with van der Waals surface area (Å²) in [5, 5.41) is 8.33. The maximum Gasteiger partial charge on any atom is 0.323 e. The van der Waals surface area contributed by atoms with Crippen molar-refractivity contribution in [3.05, 3.63) is 17.9 Å². The summed E-state index contributed by atoms with van der Waals surface area (Å²) in [7, 11) is -1.09. The SMILES string of the molecule is CCN(CC(=O)O)C(=O)c1coc(S(=O)(=O)N(C)C)c1. The molecule has 20 heavy (non-hydrogen) atoms. The molecule has 1 N–H and O–H groups in total. The molecule has 0 fully saturated rings. The molecule has 8 nitrogen and oxygen atoms in total. The van der Waals surface area contributed by atoms with Gasteiger partial charge in [-0.05, 0) is 6.92 Å². The Labute approximate surface area is 116 Å².